The fourth-order valence-corrected chi connectivity index (χ4v) is 2.04. The van der Waals surface area contributed by atoms with E-state index >= 15 is 0 Å². The smallest absolute Gasteiger partial charge is 0.339 e. The number of benzene rings is 1. The van der Waals surface area contributed by atoms with Crippen LogP contribution in [-0.2, 0) is 0 Å². The van der Waals surface area contributed by atoms with Crippen LogP contribution in [-0.4, -0.2) is 32.1 Å². The molecule has 5 nitrogen and oxygen atoms in total. The molecule has 0 atom stereocenters. The summed E-state index contributed by atoms with van der Waals surface area (Å²) in [6.07, 6.45) is 4.69. The molecular formula is C10H9N3O2S. The topological polar surface area (TPSA) is 68.0 Å². The van der Waals surface area contributed by atoms with Crippen LogP contribution in [0.4, 0.5) is 0 Å². The van der Waals surface area contributed by atoms with Crippen LogP contribution in [0.2, 0.25) is 0 Å². The molecule has 16 heavy (non-hydrogen) atoms. The van der Waals surface area contributed by atoms with Crippen LogP contribution in [0.25, 0.3) is 5.69 Å². The fourth-order valence-electron chi connectivity index (χ4n) is 1.43. The van der Waals surface area contributed by atoms with Gasteiger partial charge in [-0.3, -0.25) is 0 Å². The van der Waals surface area contributed by atoms with Crippen molar-refractivity contribution in [1.82, 2.24) is 14.8 Å². The molecule has 2 aromatic rings. The Bertz CT molecular complexity index is 511. The summed E-state index contributed by atoms with van der Waals surface area (Å²) in [4.78, 5) is 15.7. The Morgan fingerprint density at radius 2 is 2.31 bits per heavy atom. The summed E-state index contributed by atoms with van der Waals surface area (Å²) in [7, 11) is 0. The lowest BCUT2D eigenvalue weighted by Gasteiger charge is -2.08. The highest BCUT2D eigenvalue weighted by molar-refractivity contribution is 7.98. The second-order valence-electron chi connectivity index (χ2n) is 3.00. The first-order valence-corrected chi connectivity index (χ1v) is 5.72. The van der Waals surface area contributed by atoms with E-state index in [1.54, 1.807) is 18.2 Å². The zero-order valence-electron chi connectivity index (χ0n) is 8.49. The fraction of sp³-hybridized carbons (Fsp3) is 0.100. The Morgan fingerprint density at radius 1 is 1.50 bits per heavy atom. The monoisotopic (exact) mass is 235 g/mol. The molecule has 0 saturated heterocycles. The summed E-state index contributed by atoms with van der Waals surface area (Å²) in [5.74, 6) is -0.963. The average Bonchev–Trinajstić information content (AvgIpc) is 2.81. The first kappa shape index (κ1) is 10.7. The van der Waals surface area contributed by atoms with E-state index in [1.807, 2.05) is 6.26 Å². The number of carboxylic acids is 1. The number of aromatic carboxylic acids is 1. The molecule has 0 saturated carbocycles. The van der Waals surface area contributed by atoms with Crippen LogP contribution in [0.15, 0.2) is 35.7 Å². The minimum atomic E-state index is -0.963. The molecule has 1 N–H and O–H groups in total. The summed E-state index contributed by atoms with van der Waals surface area (Å²) in [6.45, 7) is 0. The van der Waals surface area contributed by atoms with E-state index in [4.69, 9.17) is 0 Å². The molecule has 0 spiro atoms. The van der Waals surface area contributed by atoms with Gasteiger partial charge in [0.05, 0.1) is 11.3 Å². The summed E-state index contributed by atoms with van der Waals surface area (Å²) < 4.78 is 1.45. The molecule has 2 rings (SSSR count). The number of nitrogens with zero attached hydrogens (tertiary/aromatic N) is 3. The molecule has 0 aliphatic heterocycles. The Hall–Kier alpha value is -1.82. The highest BCUT2D eigenvalue weighted by Crippen LogP contribution is 2.25. The SMILES string of the molecule is CSc1cccc(-n2cncn2)c1C(=O)O. The van der Waals surface area contributed by atoms with Gasteiger partial charge in [0.2, 0.25) is 0 Å². The molecule has 0 fully saturated rings. The van der Waals surface area contributed by atoms with E-state index in [1.165, 1.54) is 29.1 Å². The van der Waals surface area contributed by atoms with Gasteiger partial charge in [0.15, 0.2) is 0 Å². The van der Waals surface area contributed by atoms with E-state index < -0.39 is 5.97 Å². The summed E-state index contributed by atoms with van der Waals surface area (Å²) in [5, 5.41) is 13.1. The van der Waals surface area contributed by atoms with Crippen molar-refractivity contribution in [1.29, 1.82) is 0 Å². The summed E-state index contributed by atoms with van der Waals surface area (Å²) in [6, 6.07) is 5.28. The quantitative estimate of drug-likeness (QED) is 0.820. The van der Waals surface area contributed by atoms with Gasteiger partial charge in [0, 0.05) is 4.90 Å². The van der Waals surface area contributed by atoms with Gasteiger partial charge in [-0.05, 0) is 18.4 Å². The van der Waals surface area contributed by atoms with Crippen molar-refractivity contribution >= 4 is 17.7 Å². The lowest BCUT2D eigenvalue weighted by molar-refractivity contribution is 0.0693. The minimum absolute atomic E-state index is 0.250. The Kier molecular flexibility index (Phi) is 2.91. The van der Waals surface area contributed by atoms with E-state index in [-0.39, 0.29) is 5.56 Å². The van der Waals surface area contributed by atoms with Crippen molar-refractivity contribution in [2.75, 3.05) is 6.26 Å². The van der Waals surface area contributed by atoms with E-state index in [9.17, 15) is 9.90 Å². The number of thioether (sulfide) groups is 1. The van der Waals surface area contributed by atoms with E-state index in [0.717, 1.165) is 0 Å². The highest BCUT2D eigenvalue weighted by Gasteiger charge is 2.16. The van der Waals surface area contributed by atoms with E-state index in [0.29, 0.717) is 10.6 Å². The van der Waals surface area contributed by atoms with Gasteiger partial charge in [-0.15, -0.1) is 11.8 Å². The van der Waals surface area contributed by atoms with E-state index in [2.05, 4.69) is 10.1 Å². The number of rotatable bonds is 3. The Morgan fingerprint density at radius 3 is 2.88 bits per heavy atom. The number of carbonyl (C=O) groups is 1. The lowest BCUT2D eigenvalue weighted by atomic mass is 10.2. The van der Waals surface area contributed by atoms with Crippen LogP contribution >= 0.6 is 11.8 Å². The summed E-state index contributed by atoms with van der Waals surface area (Å²) >= 11 is 1.39. The molecule has 1 heterocycles. The van der Waals surface area contributed by atoms with Crippen molar-refractivity contribution in [3.05, 3.63) is 36.4 Å². The zero-order valence-corrected chi connectivity index (χ0v) is 9.31. The van der Waals surface area contributed by atoms with Crippen LogP contribution in [0, 0.1) is 0 Å². The molecule has 0 unspecified atom stereocenters. The van der Waals surface area contributed by atoms with Crippen LogP contribution < -0.4 is 0 Å². The second-order valence-corrected chi connectivity index (χ2v) is 3.85. The van der Waals surface area contributed by atoms with Crippen molar-refractivity contribution in [3.63, 3.8) is 0 Å². The molecule has 0 aliphatic rings. The third kappa shape index (κ3) is 1.79. The molecule has 0 amide bonds. The predicted molar refractivity (Wildman–Crippen MR) is 60.1 cm³/mol. The number of hydrogen-bond acceptors (Lipinski definition) is 4. The Balaban J connectivity index is 2.65. The third-order valence-electron chi connectivity index (χ3n) is 2.10. The van der Waals surface area contributed by atoms with Crippen LogP contribution in [0.5, 0.6) is 0 Å². The predicted octanol–water partition coefficient (Wildman–Crippen LogP) is 1.69. The molecule has 0 radical (unpaired) electrons. The highest BCUT2D eigenvalue weighted by atomic mass is 32.2. The zero-order chi connectivity index (χ0) is 11.5. The average molecular weight is 235 g/mol. The van der Waals surface area contributed by atoms with Crippen LogP contribution in [0.1, 0.15) is 10.4 Å². The van der Waals surface area contributed by atoms with Gasteiger partial charge < -0.3 is 5.11 Å². The normalized spacial score (nSPS) is 10.3. The van der Waals surface area contributed by atoms with Gasteiger partial charge in [0.25, 0.3) is 0 Å². The number of carboxylic acid groups (broad SMARTS) is 1. The molecule has 6 heteroatoms. The van der Waals surface area contributed by atoms with Gasteiger partial charge in [-0.1, -0.05) is 6.07 Å². The van der Waals surface area contributed by atoms with Crippen LogP contribution in [0.3, 0.4) is 0 Å². The van der Waals surface area contributed by atoms with Gasteiger partial charge in [0.1, 0.15) is 12.7 Å². The molecule has 1 aromatic heterocycles. The number of hydrogen-bond donors (Lipinski definition) is 1. The number of aromatic nitrogens is 3. The minimum Gasteiger partial charge on any atom is -0.478 e. The maximum Gasteiger partial charge on any atom is 0.339 e. The molecule has 82 valence electrons. The van der Waals surface area contributed by atoms with Gasteiger partial charge in [-0.2, -0.15) is 5.10 Å². The maximum absolute atomic E-state index is 11.2. The van der Waals surface area contributed by atoms with Gasteiger partial charge in [-0.25, -0.2) is 14.5 Å². The molecule has 0 bridgehead atoms. The van der Waals surface area contributed by atoms with Crippen molar-refractivity contribution < 1.29 is 9.90 Å². The van der Waals surface area contributed by atoms with Crippen molar-refractivity contribution in [3.8, 4) is 5.69 Å². The first-order chi connectivity index (χ1) is 7.74. The molecule has 0 aliphatic carbocycles. The lowest BCUT2D eigenvalue weighted by Crippen LogP contribution is -2.07. The molecule has 1 aromatic carbocycles. The van der Waals surface area contributed by atoms with Crippen molar-refractivity contribution in [2.45, 2.75) is 4.90 Å². The Labute approximate surface area is 96.1 Å². The third-order valence-corrected chi connectivity index (χ3v) is 2.88. The first-order valence-electron chi connectivity index (χ1n) is 4.49. The second kappa shape index (κ2) is 4.36. The molecular weight excluding hydrogens is 226 g/mol. The largest absolute Gasteiger partial charge is 0.478 e. The van der Waals surface area contributed by atoms with Gasteiger partial charge >= 0.3 is 5.97 Å². The standard InChI is InChI=1S/C10H9N3O2S/c1-16-8-4-2-3-7(9(8)10(14)15)13-6-11-5-12-13/h2-6H,1H3,(H,14,15). The van der Waals surface area contributed by atoms with Crippen molar-refractivity contribution in [2.24, 2.45) is 0 Å². The summed E-state index contributed by atoms with van der Waals surface area (Å²) in [5.41, 5.74) is 0.775. The maximum atomic E-state index is 11.2.